The van der Waals surface area contributed by atoms with Crippen LogP contribution in [-0.4, -0.2) is 12.1 Å². The molecule has 2 N–H and O–H groups in total. The molecule has 0 bridgehead atoms. The van der Waals surface area contributed by atoms with Crippen molar-refractivity contribution in [2.24, 2.45) is 5.92 Å². The van der Waals surface area contributed by atoms with E-state index in [0.717, 1.165) is 12.3 Å². The summed E-state index contributed by atoms with van der Waals surface area (Å²) in [5, 5.41) is 5.61. The minimum absolute atomic E-state index is 0.0978. The van der Waals surface area contributed by atoms with E-state index in [2.05, 4.69) is 24.5 Å². The maximum absolute atomic E-state index is 11.3. The van der Waals surface area contributed by atoms with E-state index in [1.165, 1.54) is 18.4 Å². The lowest BCUT2D eigenvalue weighted by molar-refractivity contribution is 0.240. The molecule has 14 heavy (non-hydrogen) atoms. The highest BCUT2D eigenvalue weighted by molar-refractivity contribution is 5.75. The summed E-state index contributed by atoms with van der Waals surface area (Å²) in [7, 11) is 0. The average Bonchev–Trinajstić information content (AvgIpc) is 2.97. The molecular formula is C11H20N2O. The van der Waals surface area contributed by atoms with E-state index in [1.54, 1.807) is 0 Å². The molecule has 0 aromatic rings. The van der Waals surface area contributed by atoms with Crippen molar-refractivity contribution in [3.05, 3.63) is 11.8 Å². The minimum Gasteiger partial charge on any atom is -0.335 e. The zero-order valence-corrected chi connectivity index (χ0v) is 9.26. The molecule has 1 fully saturated rings. The van der Waals surface area contributed by atoms with Gasteiger partial charge in [-0.25, -0.2) is 4.79 Å². The molecule has 0 aromatic carbocycles. The molecule has 1 atom stereocenters. The molecule has 3 nitrogen and oxygen atoms in total. The number of carbonyl (C=O) groups excluding carboxylic acids is 1. The van der Waals surface area contributed by atoms with Crippen LogP contribution in [0.3, 0.4) is 0 Å². The number of amides is 2. The zero-order chi connectivity index (χ0) is 10.6. The van der Waals surface area contributed by atoms with Gasteiger partial charge < -0.3 is 10.6 Å². The lowest BCUT2D eigenvalue weighted by Gasteiger charge is -2.10. The van der Waals surface area contributed by atoms with E-state index >= 15 is 0 Å². The Kier molecular flexibility index (Phi) is 3.98. The van der Waals surface area contributed by atoms with Crippen LogP contribution in [0.2, 0.25) is 0 Å². The van der Waals surface area contributed by atoms with E-state index in [4.69, 9.17) is 0 Å². The fourth-order valence-electron chi connectivity index (χ4n) is 1.20. The summed E-state index contributed by atoms with van der Waals surface area (Å²) in [6.07, 6.45) is 5.34. The van der Waals surface area contributed by atoms with Crippen molar-refractivity contribution < 1.29 is 4.79 Å². The first-order valence-electron chi connectivity index (χ1n) is 5.37. The maximum Gasteiger partial charge on any atom is 0.318 e. The van der Waals surface area contributed by atoms with Gasteiger partial charge in [-0.05, 0) is 39.0 Å². The van der Waals surface area contributed by atoms with Crippen LogP contribution in [0.5, 0.6) is 0 Å². The van der Waals surface area contributed by atoms with Crippen molar-refractivity contribution in [2.75, 3.05) is 0 Å². The predicted molar refractivity (Wildman–Crippen MR) is 57.9 cm³/mol. The number of rotatable bonds is 4. The molecule has 1 aliphatic rings. The van der Waals surface area contributed by atoms with Gasteiger partial charge in [0.15, 0.2) is 0 Å². The number of nitrogens with one attached hydrogen (secondary N) is 2. The van der Waals surface area contributed by atoms with Gasteiger partial charge in [-0.15, -0.1) is 0 Å². The van der Waals surface area contributed by atoms with Crippen LogP contribution in [0.4, 0.5) is 4.79 Å². The topological polar surface area (TPSA) is 41.1 Å². The Labute approximate surface area is 86.0 Å². The number of hydrogen-bond donors (Lipinski definition) is 2. The molecule has 2 amide bonds. The Morgan fingerprint density at radius 1 is 1.57 bits per heavy atom. The third-order valence-electron chi connectivity index (χ3n) is 2.64. The number of urea groups is 1. The molecule has 0 aromatic heterocycles. The van der Waals surface area contributed by atoms with Gasteiger partial charge in [-0.3, -0.25) is 0 Å². The van der Waals surface area contributed by atoms with Crippen LogP contribution in [0.1, 0.15) is 40.0 Å². The van der Waals surface area contributed by atoms with Gasteiger partial charge in [0.1, 0.15) is 0 Å². The van der Waals surface area contributed by atoms with Crippen molar-refractivity contribution in [1.82, 2.24) is 10.6 Å². The van der Waals surface area contributed by atoms with Gasteiger partial charge in [0.2, 0.25) is 0 Å². The van der Waals surface area contributed by atoms with Gasteiger partial charge >= 0.3 is 6.03 Å². The van der Waals surface area contributed by atoms with Crippen LogP contribution < -0.4 is 10.6 Å². The second kappa shape index (κ2) is 5.03. The van der Waals surface area contributed by atoms with Crippen molar-refractivity contribution in [3.8, 4) is 0 Å². The largest absolute Gasteiger partial charge is 0.335 e. The molecule has 1 rings (SSSR count). The van der Waals surface area contributed by atoms with Gasteiger partial charge in [-0.1, -0.05) is 12.5 Å². The Hall–Kier alpha value is -0.990. The molecule has 0 heterocycles. The Balaban J connectivity index is 2.22. The molecule has 80 valence electrons. The van der Waals surface area contributed by atoms with Crippen molar-refractivity contribution in [3.63, 3.8) is 0 Å². The smallest absolute Gasteiger partial charge is 0.318 e. The first-order chi connectivity index (χ1) is 6.63. The lowest BCUT2D eigenvalue weighted by Crippen LogP contribution is -2.38. The predicted octanol–water partition coefficient (Wildman–Crippen LogP) is 2.40. The molecule has 3 heteroatoms. The quantitative estimate of drug-likeness (QED) is 0.712. The van der Waals surface area contributed by atoms with Gasteiger partial charge in [-0.2, -0.15) is 0 Å². The number of allylic oxidation sites excluding steroid dienone is 1. The molecule has 0 spiro atoms. The maximum atomic E-state index is 11.3. The SMILES string of the molecule is CCC(C)NC(=O)N/C=C(\C)C1CC1. The summed E-state index contributed by atoms with van der Waals surface area (Å²) < 4.78 is 0. The molecule has 1 saturated carbocycles. The summed E-state index contributed by atoms with van der Waals surface area (Å²) in [6, 6.07) is 0.143. The van der Waals surface area contributed by atoms with E-state index in [0.29, 0.717) is 0 Å². The molecule has 1 unspecified atom stereocenters. The van der Waals surface area contributed by atoms with E-state index in [9.17, 15) is 4.79 Å². The van der Waals surface area contributed by atoms with Crippen LogP contribution in [0.15, 0.2) is 11.8 Å². The molecule has 1 aliphatic carbocycles. The van der Waals surface area contributed by atoms with Gasteiger partial charge in [0.25, 0.3) is 0 Å². The summed E-state index contributed by atoms with van der Waals surface area (Å²) in [5.74, 6) is 0.721. The molecule has 0 radical (unpaired) electrons. The second-order valence-corrected chi connectivity index (χ2v) is 4.09. The first kappa shape index (κ1) is 11.1. The summed E-state index contributed by atoms with van der Waals surface area (Å²) in [4.78, 5) is 11.3. The fourth-order valence-corrected chi connectivity index (χ4v) is 1.20. The summed E-state index contributed by atoms with van der Waals surface area (Å²) in [5.41, 5.74) is 1.28. The highest BCUT2D eigenvalue weighted by Crippen LogP contribution is 2.35. The Morgan fingerprint density at radius 3 is 2.71 bits per heavy atom. The highest BCUT2D eigenvalue weighted by Gasteiger charge is 2.22. The third kappa shape index (κ3) is 3.81. The average molecular weight is 196 g/mol. The van der Waals surface area contributed by atoms with Gasteiger partial charge in [0, 0.05) is 12.2 Å². The Morgan fingerprint density at radius 2 is 2.21 bits per heavy atom. The van der Waals surface area contributed by atoms with Crippen LogP contribution >= 0.6 is 0 Å². The van der Waals surface area contributed by atoms with Crippen LogP contribution in [-0.2, 0) is 0 Å². The standard InChI is InChI=1S/C11H20N2O/c1-4-9(3)13-11(14)12-7-8(2)10-5-6-10/h7,9-10H,4-6H2,1-3H3,(H2,12,13,14)/b8-7+. The zero-order valence-electron chi connectivity index (χ0n) is 9.26. The number of hydrogen-bond acceptors (Lipinski definition) is 1. The van der Waals surface area contributed by atoms with Crippen molar-refractivity contribution in [1.29, 1.82) is 0 Å². The highest BCUT2D eigenvalue weighted by atomic mass is 16.2. The molecule has 0 aliphatic heterocycles. The van der Waals surface area contributed by atoms with Crippen molar-refractivity contribution >= 4 is 6.03 Å². The third-order valence-corrected chi connectivity index (χ3v) is 2.64. The Bertz CT molecular complexity index is 231. The number of carbonyl (C=O) groups is 1. The first-order valence-corrected chi connectivity index (χ1v) is 5.37. The monoisotopic (exact) mass is 196 g/mol. The summed E-state index contributed by atoms with van der Waals surface area (Å²) >= 11 is 0. The van der Waals surface area contributed by atoms with E-state index in [-0.39, 0.29) is 12.1 Å². The van der Waals surface area contributed by atoms with Crippen molar-refractivity contribution in [2.45, 2.75) is 46.1 Å². The lowest BCUT2D eigenvalue weighted by atomic mass is 10.2. The molecular weight excluding hydrogens is 176 g/mol. The summed E-state index contributed by atoms with van der Waals surface area (Å²) in [6.45, 7) is 6.12. The minimum atomic E-state index is -0.0978. The molecule has 0 saturated heterocycles. The fraction of sp³-hybridized carbons (Fsp3) is 0.727. The van der Waals surface area contributed by atoms with E-state index < -0.39 is 0 Å². The second-order valence-electron chi connectivity index (χ2n) is 4.09. The normalized spacial score (nSPS) is 18.9. The van der Waals surface area contributed by atoms with E-state index in [1.807, 2.05) is 13.1 Å². The van der Waals surface area contributed by atoms with Gasteiger partial charge in [0.05, 0.1) is 0 Å². The van der Waals surface area contributed by atoms with Crippen LogP contribution in [0, 0.1) is 5.92 Å². The van der Waals surface area contributed by atoms with Crippen LogP contribution in [0.25, 0.3) is 0 Å².